The number of nitrogens with one attached hydrogen (secondary N) is 1. The Morgan fingerprint density at radius 3 is 2.59 bits per heavy atom. The Labute approximate surface area is 109 Å². The molecule has 0 spiro atoms. The van der Waals surface area contributed by atoms with Crippen LogP contribution in [0.5, 0.6) is 0 Å². The van der Waals surface area contributed by atoms with E-state index in [0.29, 0.717) is 5.92 Å². The number of aryl methyl sites for hydroxylation is 1. The molecule has 3 nitrogen and oxygen atoms in total. The van der Waals surface area contributed by atoms with Gasteiger partial charge in [-0.05, 0) is 33.0 Å². The number of hydrogen-bond acceptors (Lipinski definition) is 4. The fourth-order valence-electron chi connectivity index (χ4n) is 1.66. The second-order valence-corrected chi connectivity index (χ2v) is 6.26. The molecule has 4 heteroatoms. The van der Waals surface area contributed by atoms with Gasteiger partial charge in [-0.2, -0.15) is 0 Å². The second kappa shape index (κ2) is 7.09. The van der Waals surface area contributed by atoms with Crippen molar-refractivity contribution in [2.45, 2.75) is 40.3 Å². The average Bonchev–Trinajstić information content (AvgIpc) is 2.58. The molecule has 0 bridgehead atoms. The first-order chi connectivity index (χ1) is 8.02. The summed E-state index contributed by atoms with van der Waals surface area (Å²) in [6, 6.07) is 0. The van der Waals surface area contributed by atoms with Crippen LogP contribution in [0.3, 0.4) is 0 Å². The molecule has 1 heterocycles. The number of aromatic nitrogens is 1. The Bertz CT molecular complexity index is 331. The van der Waals surface area contributed by atoms with Gasteiger partial charge in [0.1, 0.15) is 5.01 Å². The van der Waals surface area contributed by atoms with Crippen LogP contribution in [-0.4, -0.2) is 30.5 Å². The molecule has 0 amide bonds. The molecule has 0 saturated heterocycles. The Hall–Kier alpha value is -0.450. The van der Waals surface area contributed by atoms with E-state index in [4.69, 9.17) is 4.98 Å². The summed E-state index contributed by atoms with van der Waals surface area (Å²) in [6.45, 7) is 9.63. The molecule has 1 rings (SSSR count). The van der Waals surface area contributed by atoms with Gasteiger partial charge in [-0.25, -0.2) is 4.98 Å². The maximum Gasteiger partial charge on any atom is 0.107 e. The Morgan fingerprint density at radius 2 is 2.06 bits per heavy atom. The summed E-state index contributed by atoms with van der Waals surface area (Å²) in [5, 5.41) is 4.73. The van der Waals surface area contributed by atoms with Gasteiger partial charge in [0.2, 0.25) is 0 Å². The fraction of sp³-hybridized carbons (Fsp3) is 0.769. The maximum absolute atomic E-state index is 4.70. The first kappa shape index (κ1) is 14.6. The lowest BCUT2D eigenvalue weighted by molar-refractivity contribution is 0.401. The van der Waals surface area contributed by atoms with E-state index in [2.05, 4.69) is 45.1 Å². The summed E-state index contributed by atoms with van der Waals surface area (Å²) in [6.07, 6.45) is 1.03. The number of thiazole rings is 1. The highest BCUT2D eigenvalue weighted by Crippen LogP contribution is 2.20. The van der Waals surface area contributed by atoms with Crippen LogP contribution in [0.4, 0.5) is 0 Å². The molecule has 0 aliphatic heterocycles. The fourth-order valence-corrected chi connectivity index (χ4v) is 2.91. The van der Waals surface area contributed by atoms with Crippen LogP contribution in [-0.2, 0) is 19.5 Å². The minimum atomic E-state index is 0.703. The summed E-state index contributed by atoms with van der Waals surface area (Å²) in [4.78, 5) is 8.28. The maximum atomic E-state index is 4.70. The van der Waals surface area contributed by atoms with Crippen molar-refractivity contribution in [3.63, 3.8) is 0 Å². The largest absolute Gasteiger partial charge is 0.312 e. The molecular weight excluding hydrogens is 230 g/mol. The first-order valence-corrected chi connectivity index (χ1v) is 7.17. The summed E-state index contributed by atoms with van der Waals surface area (Å²) < 4.78 is 0. The van der Waals surface area contributed by atoms with Crippen LogP contribution in [0.1, 0.15) is 36.3 Å². The molecule has 1 N–H and O–H groups in total. The van der Waals surface area contributed by atoms with Gasteiger partial charge in [-0.15, -0.1) is 11.3 Å². The van der Waals surface area contributed by atoms with Crippen molar-refractivity contribution in [1.29, 1.82) is 0 Å². The van der Waals surface area contributed by atoms with Crippen LogP contribution in [0.25, 0.3) is 0 Å². The molecule has 0 radical (unpaired) electrons. The van der Waals surface area contributed by atoms with Crippen molar-refractivity contribution in [1.82, 2.24) is 15.2 Å². The number of hydrogen-bond donors (Lipinski definition) is 1. The monoisotopic (exact) mass is 255 g/mol. The summed E-state index contributed by atoms with van der Waals surface area (Å²) >= 11 is 1.85. The molecule has 1 aromatic heterocycles. The lowest BCUT2D eigenvalue weighted by atomic mass is 10.2. The second-order valence-electron chi connectivity index (χ2n) is 5.09. The van der Waals surface area contributed by atoms with Crippen LogP contribution in [0, 0.1) is 5.92 Å². The predicted molar refractivity (Wildman–Crippen MR) is 75.4 cm³/mol. The average molecular weight is 255 g/mol. The van der Waals surface area contributed by atoms with Gasteiger partial charge in [-0.3, -0.25) is 0 Å². The third-order valence-electron chi connectivity index (χ3n) is 2.45. The Kier molecular flexibility index (Phi) is 6.09. The zero-order valence-electron chi connectivity index (χ0n) is 11.7. The Balaban J connectivity index is 2.60. The zero-order chi connectivity index (χ0) is 12.8. The minimum Gasteiger partial charge on any atom is -0.312 e. The van der Waals surface area contributed by atoms with Gasteiger partial charge >= 0.3 is 0 Å². The summed E-state index contributed by atoms with van der Waals surface area (Å²) in [5.41, 5.74) is 1.27. The van der Waals surface area contributed by atoms with Gasteiger partial charge in [0, 0.05) is 18.0 Å². The van der Waals surface area contributed by atoms with E-state index in [1.165, 1.54) is 15.6 Å². The van der Waals surface area contributed by atoms with Crippen molar-refractivity contribution in [2.75, 3.05) is 20.6 Å². The van der Waals surface area contributed by atoms with E-state index in [1.807, 2.05) is 11.3 Å². The highest BCUT2D eigenvalue weighted by Gasteiger charge is 2.10. The van der Waals surface area contributed by atoms with Crippen molar-refractivity contribution < 1.29 is 0 Å². The van der Waals surface area contributed by atoms with Crippen molar-refractivity contribution in [3.05, 3.63) is 15.6 Å². The van der Waals surface area contributed by atoms with E-state index in [-0.39, 0.29) is 0 Å². The van der Waals surface area contributed by atoms with Crippen molar-refractivity contribution >= 4 is 11.3 Å². The number of nitrogens with zero attached hydrogens (tertiary/aromatic N) is 2. The molecule has 0 aliphatic carbocycles. The molecular formula is C13H25N3S. The van der Waals surface area contributed by atoms with Gasteiger partial charge in [0.25, 0.3) is 0 Å². The lowest BCUT2D eigenvalue weighted by Gasteiger charge is -2.06. The SMILES string of the molecule is CCc1nc(CN(C)C)sc1CNCC(C)C. The summed E-state index contributed by atoms with van der Waals surface area (Å²) in [7, 11) is 4.17. The lowest BCUT2D eigenvalue weighted by Crippen LogP contribution is -2.18. The topological polar surface area (TPSA) is 28.2 Å². The quantitative estimate of drug-likeness (QED) is 0.811. The van der Waals surface area contributed by atoms with E-state index < -0.39 is 0 Å². The first-order valence-electron chi connectivity index (χ1n) is 6.35. The molecule has 0 fully saturated rings. The van der Waals surface area contributed by atoms with Gasteiger partial charge in [-0.1, -0.05) is 20.8 Å². The molecule has 0 aliphatic rings. The van der Waals surface area contributed by atoms with Crippen LogP contribution in [0.15, 0.2) is 0 Å². The van der Waals surface area contributed by atoms with E-state index in [1.54, 1.807) is 0 Å². The minimum absolute atomic E-state index is 0.703. The van der Waals surface area contributed by atoms with Crippen molar-refractivity contribution in [2.24, 2.45) is 5.92 Å². The molecule has 0 atom stereocenters. The molecule has 0 saturated carbocycles. The standard InChI is InChI=1S/C13H25N3S/c1-6-11-12(8-14-7-10(2)3)17-13(15-11)9-16(4)5/h10,14H,6-9H2,1-5H3. The van der Waals surface area contributed by atoms with E-state index in [0.717, 1.165) is 26.1 Å². The highest BCUT2D eigenvalue weighted by molar-refractivity contribution is 7.11. The smallest absolute Gasteiger partial charge is 0.107 e. The highest BCUT2D eigenvalue weighted by atomic mass is 32.1. The zero-order valence-corrected chi connectivity index (χ0v) is 12.5. The van der Waals surface area contributed by atoms with Gasteiger partial charge in [0.05, 0.1) is 5.69 Å². The Morgan fingerprint density at radius 1 is 1.35 bits per heavy atom. The van der Waals surface area contributed by atoms with E-state index >= 15 is 0 Å². The van der Waals surface area contributed by atoms with Crippen LogP contribution < -0.4 is 5.32 Å². The molecule has 0 unspecified atom stereocenters. The summed E-state index contributed by atoms with van der Waals surface area (Å²) in [5.74, 6) is 0.703. The van der Waals surface area contributed by atoms with E-state index in [9.17, 15) is 0 Å². The predicted octanol–water partition coefficient (Wildman–Crippen LogP) is 2.51. The molecule has 98 valence electrons. The third kappa shape index (κ3) is 5.15. The number of rotatable bonds is 7. The molecule has 17 heavy (non-hydrogen) atoms. The normalized spacial score (nSPS) is 11.7. The van der Waals surface area contributed by atoms with Gasteiger partial charge < -0.3 is 10.2 Å². The van der Waals surface area contributed by atoms with Crippen molar-refractivity contribution in [3.8, 4) is 0 Å². The van der Waals surface area contributed by atoms with Gasteiger partial charge in [0.15, 0.2) is 0 Å². The molecule has 0 aromatic carbocycles. The van der Waals surface area contributed by atoms with Crippen LogP contribution in [0.2, 0.25) is 0 Å². The molecule has 1 aromatic rings. The van der Waals surface area contributed by atoms with Crippen LogP contribution >= 0.6 is 11.3 Å². The third-order valence-corrected chi connectivity index (χ3v) is 3.53.